The summed E-state index contributed by atoms with van der Waals surface area (Å²) in [4.78, 5) is 12.2. The quantitative estimate of drug-likeness (QED) is 0.541. The Morgan fingerprint density at radius 2 is 1.66 bits per heavy atom. The van der Waals surface area contributed by atoms with Gasteiger partial charge in [0.05, 0.1) is 17.6 Å². The fourth-order valence-corrected chi connectivity index (χ4v) is 3.93. The molecule has 0 aromatic heterocycles. The topological polar surface area (TPSA) is 84.5 Å². The number of nitrogens with one attached hydrogen (secondary N) is 2. The Morgan fingerprint density at radius 3 is 2.31 bits per heavy atom. The summed E-state index contributed by atoms with van der Waals surface area (Å²) in [6.45, 7) is 0.208. The Balaban J connectivity index is 1.69. The average Bonchev–Trinajstić information content (AvgIpc) is 2.77. The lowest BCUT2D eigenvalue weighted by Gasteiger charge is -2.12. The van der Waals surface area contributed by atoms with Crippen LogP contribution in [0.5, 0.6) is 5.75 Å². The molecule has 0 saturated carbocycles. The van der Waals surface area contributed by atoms with E-state index < -0.39 is 27.7 Å². The van der Waals surface area contributed by atoms with Crippen molar-refractivity contribution in [3.63, 3.8) is 0 Å². The smallest absolute Gasteiger partial charge is 0.416 e. The fourth-order valence-electron chi connectivity index (χ4n) is 2.89. The molecule has 1 amide bonds. The number of anilines is 1. The normalized spacial score (nSPS) is 11.6. The van der Waals surface area contributed by atoms with Crippen LogP contribution in [-0.4, -0.2) is 21.4 Å². The summed E-state index contributed by atoms with van der Waals surface area (Å²) in [5.41, 5.74) is -0.205. The Labute approximate surface area is 183 Å². The van der Waals surface area contributed by atoms with Gasteiger partial charge in [0, 0.05) is 23.4 Å². The van der Waals surface area contributed by atoms with Crippen LogP contribution in [0.2, 0.25) is 0 Å². The van der Waals surface area contributed by atoms with E-state index in [1.54, 1.807) is 24.3 Å². The zero-order valence-electron chi connectivity index (χ0n) is 16.8. The Bertz CT molecular complexity index is 1210. The maximum absolute atomic E-state index is 12.8. The number of para-hydroxylation sites is 1. The summed E-state index contributed by atoms with van der Waals surface area (Å²) < 4.78 is 70.9. The second-order valence-corrected chi connectivity index (χ2v) is 8.39. The van der Waals surface area contributed by atoms with Gasteiger partial charge >= 0.3 is 6.18 Å². The van der Waals surface area contributed by atoms with Crippen molar-refractivity contribution in [1.29, 1.82) is 0 Å². The molecule has 0 aliphatic carbocycles. The highest BCUT2D eigenvalue weighted by Gasteiger charge is 2.30. The predicted molar refractivity (Wildman–Crippen MR) is 113 cm³/mol. The number of amides is 1. The van der Waals surface area contributed by atoms with Crippen LogP contribution in [-0.2, 0) is 22.7 Å². The van der Waals surface area contributed by atoms with Crippen LogP contribution in [0, 0.1) is 0 Å². The molecule has 0 saturated heterocycles. The number of hydrogen-bond acceptors (Lipinski definition) is 4. The number of hydrogen-bond donors (Lipinski definition) is 2. The molecular formula is C22H19F3N2O4S. The molecule has 168 valence electrons. The highest BCUT2D eigenvalue weighted by atomic mass is 32.2. The van der Waals surface area contributed by atoms with Crippen molar-refractivity contribution in [2.75, 3.05) is 11.8 Å². The lowest BCUT2D eigenvalue weighted by atomic mass is 10.2. The van der Waals surface area contributed by atoms with Crippen molar-refractivity contribution >= 4 is 21.6 Å². The minimum atomic E-state index is -4.60. The zero-order valence-corrected chi connectivity index (χ0v) is 17.6. The minimum absolute atomic E-state index is 0.198. The first-order chi connectivity index (χ1) is 15.1. The number of halogens is 3. The Morgan fingerprint density at radius 1 is 0.969 bits per heavy atom. The third-order valence-electron chi connectivity index (χ3n) is 4.50. The highest BCUT2D eigenvalue weighted by molar-refractivity contribution is 7.92. The SMILES string of the molecule is COc1ccccc1CNC(=O)c1ccc(S(=O)(=O)Nc2cccc(C(F)(F)F)c2)cc1. The van der Waals surface area contributed by atoms with E-state index >= 15 is 0 Å². The van der Waals surface area contributed by atoms with Crippen molar-refractivity contribution in [3.8, 4) is 5.75 Å². The zero-order chi connectivity index (χ0) is 23.4. The molecule has 10 heteroatoms. The third kappa shape index (κ3) is 5.58. The summed E-state index contributed by atoms with van der Waals surface area (Å²) in [5, 5.41) is 2.72. The van der Waals surface area contributed by atoms with Crippen molar-refractivity contribution < 1.29 is 31.1 Å². The summed E-state index contributed by atoms with van der Waals surface area (Å²) in [6.07, 6.45) is -4.60. The van der Waals surface area contributed by atoms with E-state index in [1.165, 1.54) is 37.4 Å². The largest absolute Gasteiger partial charge is 0.496 e. The van der Waals surface area contributed by atoms with Crippen LogP contribution < -0.4 is 14.8 Å². The molecule has 0 spiro atoms. The maximum atomic E-state index is 12.8. The molecule has 0 aliphatic rings. The number of ether oxygens (including phenoxy) is 1. The van der Waals surface area contributed by atoms with Crippen LogP contribution in [0.4, 0.5) is 18.9 Å². The van der Waals surface area contributed by atoms with Crippen molar-refractivity contribution in [2.24, 2.45) is 0 Å². The van der Waals surface area contributed by atoms with Gasteiger partial charge in [0.2, 0.25) is 0 Å². The monoisotopic (exact) mass is 464 g/mol. The van der Waals surface area contributed by atoms with Gasteiger partial charge in [-0.15, -0.1) is 0 Å². The molecule has 3 rings (SSSR count). The van der Waals surface area contributed by atoms with Gasteiger partial charge in [-0.3, -0.25) is 9.52 Å². The molecule has 32 heavy (non-hydrogen) atoms. The lowest BCUT2D eigenvalue weighted by Crippen LogP contribution is -2.23. The molecular weight excluding hydrogens is 445 g/mol. The van der Waals surface area contributed by atoms with Crippen molar-refractivity contribution in [3.05, 3.63) is 89.5 Å². The molecule has 0 heterocycles. The van der Waals surface area contributed by atoms with Gasteiger partial charge in [-0.25, -0.2) is 8.42 Å². The average molecular weight is 464 g/mol. The van der Waals surface area contributed by atoms with E-state index in [0.717, 1.165) is 17.7 Å². The van der Waals surface area contributed by atoms with Gasteiger partial charge in [0.25, 0.3) is 15.9 Å². The fraction of sp³-hybridized carbons (Fsp3) is 0.136. The standard InChI is InChI=1S/C22H19F3N2O4S/c1-31-20-8-3-2-5-16(20)14-26-21(28)15-9-11-19(12-10-15)32(29,30)27-18-7-4-6-17(13-18)22(23,24)25/h2-13,27H,14H2,1H3,(H,26,28). The third-order valence-corrected chi connectivity index (χ3v) is 5.90. The van der Waals surface area contributed by atoms with Crippen molar-refractivity contribution in [2.45, 2.75) is 17.6 Å². The van der Waals surface area contributed by atoms with Gasteiger partial charge in [-0.05, 0) is 48.5 Å². The number of carbonyl (C=O) groups is 1. The van der Waals surface area contributed by atoms with Crippen LogP contribution in [0.25, 0.3) is 0 Å². The second kappa shape index (κ2) is 9.31. The van der Waals surface area contributed by atoms with E-state index in [0.29, 0.717) is 11.8 Å². The van der Waals surface area contributed by atoms with Crippen LogP contribution in [0.1, 0.15) is 21.5 Å². The van der Waals surface area contributed by atoms with Crippen LogP contribution >= 0.6 is 0 Å². The molecule has 0 aliphatic heterocycles. The first-order valence-corrected chi connectivity index (χ1v) is 10.8. The molecule has 2 N–H and O–H groups in total. The van der Waals surface area contributed by atoms with E-state index in [4.69, 9.17) is 4.74 Å². The van der Waals surface area contributed by atoms with Gasteiger partial charge in [0.1, 0.15) is 5.75 Å². The molecule has 6 nitrogen and oxygen atoms in total. The van der Waals surface area contributed by atoms with E-state index in [-0.39, 0.29) is 22.7 Å². The van der Waals surface area contributed by atoms with E-state index in [9.17, 15) is 26.4 Å². The predicted octanol–water partition coefficient (Wildman–Crippen LogP) is 4.44. The second-order valence-electron chi connectivity index (χ2n) is 6.70. The summed E-state index contributed by atoms with van der Waals surface area (Å²) in [7, 11) is -2.63. The molecule has 0 atom stereocenters. The number of alkyl halides is 3. The Kier molecular flexibility index (Phi) is 6.73. The number of sulfonamides is 1. The van der Waals surface area contributed by atoms with Gasteiger partial charge in [-0.2, -0.15) is 13.2 Å². The molecule has 3 aromatic rings. The molecule has 0 radical (unpaired) electrons. The maximum Gasteiger partial charge on any atom is 0.416 e. The van der Waals surface area contributed by atoms with E-state index in [1.807, 2.05) is 0 Å². The summed E-state index contributed by atoms with van der Waals surface area (Å²) in [5.74, 6) is 0.195. The number of benzene rings is 3. The molecule has 0 fully saturated rings. The minimum Gasteiger partial charge on any atom is -0.496 e. The number of rotatable bonds is 7. The first kappa shape index (κ1) is 23.1. The van der Waals surface area contributed by atoms with Crippen LogP contribution in [0.3, 0.4) is 0 Å². The molecule has 0 bridgehead atoms. The highest BCUT2D eigenvalue weighted by Crippen LogP contribution is 2.31. The Hall–Kier alpha value is -3.53. The summed E-state index contributed by atoms with van der Waals surface area (Å²) in [6, 6.07) is 16.1. The summed E-state index contributed by atoms with van der Waals surface area (Å²) >= 11 is 0. The van der Waals surface area contributed by atoms with Crippen molar-refractivity contribution in [1.82, 2.24) is 5.32 Å². The van der Waals surface area contributed by atoms with Gasteiger partial charge in [0.15, 0.2) is 0 Å². The lowest BCUT2D eigenvalue weighted by molar-refractivity contribution is -0.137. The van der Waals surface area contributed by atoms with Crippen LogP contribution in [0.15, 0.2) is 77.7 Å². The van der Waals surface area contributed by atoms with Gasteiger partial charge in [-0.1, -0.05) is 24.3 Å². The number of methoxy groups -OCH3 is 1. The van der Waals surface area contributed by atoms with E-state index in [2.05, 4.69) is 10.0 Å². The van der Waals surface area contributed by atoms with Gasteiger partial charge < -0.3 is 10.1 Å². The number of carbonyl (C=O) groups excluding carboxylic acids is 1. The molecule has 3 aromatic carbocycles. The molecule has 0 unspecified atom stereocenters. The first-order valence-electron chi connectivity index (χ1n) is 9.30.